The zero-order valence-corrected chi connectivity index (χ0v) is 17.3. The maximum atomic E-state index is 13.0. The molecule has 1 aromatic heterocycles. The lowest BCUT2D eigenvalue weighted by Crippen LogP contribution is -2.23. The first-order chi connectivity index (χ1) is 14.6. The summed E-state index contributed by atoms with van der Waals surface area (Å²) in [5.41, 5.74) is 1.91. The summed E-state index contributed by atoms with van der Waals surface area (Å²) in [6, 6.07) is 10.3. The lowest BCUT2D eigenvalue weighted by molar-refractivity contribution is -0.385. The quantitative estimate of drug-likeness (QED) is 0.240. The molecule has 0 radical (unpaired) electrons. The lowest BCUT2D eigenvalue weighted by Gasteiger charge is -2.20. The molecule has 8 nitrogen and oxygen atoms in total. The minimum Gasteiger partial charge on any atom is -0.467 e. The number of benzene rings is 2. The number of hydrogen-bond acceptors (Lipinski definition) is 7. The SMILES string of the molecule is CCCCn1c(SCc2cc([N+](=O)[O-])cc3c2OCOC3)nc2ccccc2c1=O. The van der Waals surface area contributed by atoms with Crippen LogP contribution >= 0.6 is 11.8 Å². The van der Waals surface area contributed by atoms with Crippen molar-refractivity contribution in [1.82, 2.24) is 9.55 Å². The Bertz CT molecular complexity index is 1160. The zero-order valence-electron chi connectivity index (χ0n) is 16.5. The molecule has 2 aromatic carbocycles. The van der Waals surface area contributed by atoms with Crippen molar-refractivity contribution in [2.75, 3.05) is 6.79 Å². The molecule has 0 unspecified atom stereocenters. The fourth-order valence-corrected chi connectivity index (χ4v) is 4.40. The van der Waals surface area contributed by atoms with E-state index in [1.54, 1.807) is 10.6 Å². The number of ether oxygens (including phenoxy) is 2. The van der Waals surface area contributed by atoms with Gasteiger partial charge < -0.3 is 9.47 Å². The molecule has 2 heterocycles. The van der Waals surface area contributed by atoms with E-state index in [2.05, 4.69) is 6.92 Å². The first kappa shape index (κ1) is 20.4. The Labute approximate surface area is 177 Å². The highest BCUT2D eigenvalue weighted by Crippen LogP contribution is 2.36. The number of aromatic nitrogens is 2. The van der Waals surface area contributed by atoms with E-state index in [4.69, 9.17) is 14.5 Å². The first-order valence-electron chi connectivity index (χ1n) is 9.71. The van der Waals surface area contributed by atoms with E-state index in [1.165, 1.54) is 23.9 Å². The molecule has 0 aliphatic carbocycles. The van der Waals surface area contributed by atoms with E-state index >= 15 is 0 Å². The van der Waals surface area contributed by atoms with Crippen LogP contribution in [-0.2, 0) is 23.6 Å². The Morgan fingerprint density at radius 1 is 1.30 bits per heavy atom. The van der Waals surface area contributed by atoms with Gasteiger partial charge in [-0.05, 0) is 18.6 Å². The number of thioether (sulfide) groups is 1. The van der Waals surface area contributed by atoms with E-state index in [-0.39, 0.29) is 24.6 Å². The van der Waals surface area contributed by atoms with Crippen molar-refractivity contribution in [3.05, 3.63) is 68.0 Å². The van der Waals surface area contributed by atoms with Crippen molar-refractivity contribution in [2.24, 2.45) is 0 Å². The smallest absolute Gasteiger partial charge is 0.270 e. The van der Waals surface area contributed by atoms with Gasteiger partial charge in [-0.25, -0.2) is 4.98 Å². The molecule has 3 aromatic rings. The molecule has 156 valence electrons. The molecule has 9 heteroatoms. The largest absolute Gasteiger partial charge is 0.467 e. The number of non-ortho nitro benzene ring substituents is 1. The third kappa shape index (κ3) is 4.03. The van der Waals surface area contributed by atoms with Gasteiger partial charge in [-0.2, -0.15) is 0 Å². The van der Waals surface area contributed by atoms with E-state index in [9.17, 15) is 14.9 Å². The maximum absolute atomic E-state index is 13.0. The molecule has 4 rings (SSSR count). The van der Waals surface area contributed by atoms with Crippen molar-refractivity contribution >= 4 is 28.4 Å². The number of rotatable bonds is 7. The molecule has 0 saturated carbocycles. The second-order valence-electron chi connectivity index (χ2n) is 6.97. The average Bonchev–Trinajstić information content (AvgIpc) is 2.76. The molecule has 0 bridgehead atoms. The van der Waals surface area contributed by atoms with Crippen LogP contribution in [0.3, 0.4) is 0 Å². The van der Waals surface area contributed by atoms with Crippen LogP contribution in [0, 0.1) is 10.1 Å². The van der Waals surface area contributed by atoms with Crippen LogP contribution in [0.1, 0.15) is 30.9 Å². The fourth-order valence-electron chi connectivity index (χ4n) is 3.41. The topological polar surface area (TPSA) is 96.5 Å². The molecule has 0 spiro atoms. The van der Waals surface area contributed by atoms with E-state index in [0.717, 1.165) is 12.8 Å². The number of para-hydroxylation sites is 1. The Hall–Kier alpha value is -2.91. The molecule has 0 N–H and O–H groups in total. The van der Waals surface area contributed by atoms with Gasteiger partial charge in [0.2, 0.25) is 0 Å². The van der Waals surface area contributed by atoms with Crippen LogP contribution in [0.25, 0.3) is 10.9 Å². The standard InChI is InChI=1S/C21H21N3O5S/c1-2-3-8-23-20(25)17-6-4-5-7-18(17)22-21(23)30-12-15-10-16(24(26)27)9-14-11-28-13-29-19(14)15/h4-7,9-10H,2-3,8,11-13H2,1H3. The van der Waals surface area contributed by atoms with Gasteiger partial charge in [0.05, 0.1) is 22.4 Å². The summed E-state index contributed by atoms with van der Waals surface area (Å²) in [6.07, 6.45) is 1.82. The van der Waals surface area contributed by atoms with Crippen LogP contribution < -0.4 is 10.3 Å². The normalized spacial score (nSPS) is 13.1. The number of nitro groups is 1. The summed E-state index contributed by atoms with van der Waals surface area (Å²) in [7, 11) is 0. The van der Waals surface area contributed by atoms with E-state index in [1.807, 2.05) is 18.2 Å². The Morgan fingerprint density at radius 2 is 2.13 bits per heavy atom. The van der Waals surface area contributed by atoms with Crippen LogP contribution in [0.15, 0.2) is 46.3 Å². The molecular formula is C21H21N3O5S. The van der Waals surface area contributed by atoms with E-state index < -0.39 is 4.92 Å². The van der Waals surface area contributed by atoms with Crippen molar-refractivity contribution in [3.8, 4) is 5.75 Å². The first-order valence-corrected chi connectivity index (χ1v) is 10.7. The zero-order chi connectivity index (χ0) is 21.1. The summed E-state index contributed by atoms with van der Waals surface area (Å²) in [5, 5.41) is 12.5. The highest BCUT2D eigenvalue weighted by atomic mass is 32.2. The molecule has 1 aliphatic heterocycles. The summed E-state index contributed by atoms with van der Waals surface area (Å²) in [5.74, 6) is 1.00. The predicted octanol–water partition coefficient (Wildman–Crippen LogP) is 4.26. The second-order valence-corrected chi connectivity index (χ2v) is 7.91. The molecule has 0 amide bonds. The van der Waals surface area contributed by atoms with Crippen LogP contribution in [0.2, 0.25) is 0 Å². The molecule has 0 atom stereocenters. The Kier molecular flexibility index (Phi) is 6.01. The number of fused-ring (bicyclic) bond motifs is 2. The second kappa shape index (κ2) is 8.85. The molecule has 1 aliphatic rings. The summed E-state index contributed by atoms with van der Waals surface area (Å²) in [6.45, 7) is 3.02. The van der Waals surface area contributed by atoms with Gasteiger partial charge in [0.15, 0.2) is 11.9 Å². The molecule has 30 heavy (non-hydrogen) atoms. The summed E-state index contributed by atoms with van der Waals surface area (Å²) >= 11 is 1.38. The molecule has 0 saturated heterocycles. The monoisotopic (exact) mass is 427 g/mol. The molecule has 0 fully saturated rings. The van der Waals surface area contributed by atoms with Gasteiger partial charge in [-0.15, -0.1) is 0 Å². The number of nitrogens with zero attached hydrogens (tertiary/aromatic N) is 3. The third-order valence-corrected chi connectivity index (χ3v) is 5.93. The van der Waals surface area contributed by atoms with Crippen LogP contribution in [0.4, 0.5) is 5.69 Å². The van der Waals surface area contributed by atoms with Gasteiger partial charge in [-0.1, -0.05) is 37.2 Å². The molecular weight excluding hydrogens is 406 g/mol. The van der Waals surface area contributed by atoms with Crippen LogP contribution in [0.5, 0.6) is 5.75 Å². The maximum Gasteiger partial charge on any atom is 0.270 e. The fraction of sp³-hybridized carbons (Fsp3) is 0.333. The minimum atomic E-state index is -0.422. The van der Waals surface area contributed by atoms with Gasteiger partial charge in [0.25, 0.3) is 11.2 Å². The average molecular weight is 427 g/mol. The number of hydrogen-bond donors (Lipinski definition) is 0. The van der Waals surface area contributed by atoms with Crippen LogP contribution in [-0.4, -0.2) is 21.3 Å². The minimum absolute atomic E-state index is 0.00621. The van der Waals surface area contributed by atoms with E-state index in [0.29, 0.717) is 45.2 Å². The predicted molar refractivity (Wildman–Crippen MR) is 114 cm³/mol. The van der Waals surface area contributed by atoms with Crippen molar-refractivity contribution in [2.45, 2.75) is 43.8 Å². The van der Waals surface area contributed by atoms with Crippen molar-refractivity contribution < 1.29 is 14.4 Å². The van der Waals surface area contributed by atoms with Gasteiger partial charge in [0.1, 0.15) is 5.75 Å². The van der Waals surface area contributed by atoms with Gasteiger partial charge in [-0.3, -0.25) is 19.5 Å². The van der Waals surface area contributed by atoms with Gasteiger partial charge in [0, 0.05) is 35.6 Å². The highest BCUT2D eigenvalue weighted by Gasteiger charge is 2.22. The number of nitro benzene ring substituents is 1. The van der Waals surface area contributed by atoms with Crippen molar-refractivity contribution in [1.29, 1.82) is 0 Å². The summed E-state index contributed by atoms with van der Waals surface area (Å²) in [4.78, 5) is 28.6. The third-order valence-electron chi connectivity index (χ3n) is 4.90. The summed E-state index contributed by atoms with van der Waals surface area (Å²) < 4.78 is 12.6. The van der Waals surface area contributed by atoms with Crippen molar-refractivity contribution in [3.63, 3.8) is 0 Å². The van der Waals surface area contributed by atoms with Gasteiger partial charge >= 0.3 is 0 Å². The Morgan fingerprint density at radius 3 is 2.93 bits per heavy atom. The highest BCUT2D eigenvalue weighted by molar-refractivity contribution is 7.98. The lowest BCUT2D eigenvalue weighted by atomic mass is 10.1. The number of unbranched alkanes of at least 4 members (excludes halogenated alkanes) is 1. The Balaban J connectivity index is 1.72.